The van der Waals surface area contributed by atoms with E-state index in [1.165, 1.54) is 6.07 Å². The Morgan fingerprint density at radius 2 is 2.06 bits per heavy atom. The predicted octanol–water partition coefficient (Wildman–Crippen LogP) is 3.52. The van der Waals surface area contributed by atoms with Gasteiger partial charge < -0.3 is 10.6 Å². The van der Waals surface area contributed by atoms with Crippen LogP contribution in [0, 0.1) is 5.92 Å². The van der Waals surface area contributed by atoms with Crippen molar-refractivity contribution >= 4 is 11.4 Å². The Kier molecular flexibility index (Phi) is 3.41. The van der Waals surface area contributed by atoms with Crippen LogP contribution in [0.4, 0.5) is 24.5 Å². The summed E-state index contributed by atoms with van der Waals surface area (Å²) >= 11 is 0. The topological polar surface area (TPSA) is 29.3 Å². The number of piperidine rings is 1. The fourth-order valence-electron chi connectivity index (χ4n) is 2.43. The van der Waals surface area contributed by atoms with Gasteiger partial charge in [0.25, 0.3) is 0 Å². The lowest BCUT2D eigenvalue weighted by atomic mass is 9.99. The molecular weight excluding hydrogens is 241 g/mol. The van der Waals surface area contributed by atoms with Crippen molar-refractivity contribution in [1.29, 1.82) is 0 Å². The number of nitrogens with two attached hydrogens (primary N) is 1. The van der Waals surface area contributed by atoms with Crippen LogP contribution in [-0.4, -0.2) is 13.1 Å². The molecule has 1 heterocycles. The van der Waals surface area contributed by atoms with Gasteiger partial charge in [-0.25, -0.2) is 0 Å². The van der Waals surface area contributed by atoms with E-state index < -0.39 is 11.7 Å². The van der Waals surface area contributed by atoms with E-state index >= 15 is 0 Å². The summed E-state index contributed by atoms with van der Waals surface area (Å²) in [5.74, 6) is 0.556. The van der Waals surface area contributed by atoms with Gasteiger partial charge in [-0.15, -0.1) is 0 Å². The smallest absolute Gasteiger partial charge is 0.397 e. The average Bonchev–Trinajstić information content (AvgIpc) is 2.27. The number of anilines is 2. The maximum Gasteiger partial charge on any atom is 0.416 e. The number of benzene rings is 1. The van der Waals surface area contributed by atoms with Gasteiger partial charge in [0.1, 0.15) is 0 Å². The highest BCUT2D eigenvalue weighted by atomic mass is 19.4. The third-order valence-corrected chi connectivity index (χ3v) is 3.35. The first kappa shape index (κ1) is 13.1. The molecule has 0 aliphatic carbocycles. The Balaban J connectivity index is 2.24. The summed E-state index contributed by atoms with van der Waals surface area (Å²) in [4.78, 5) is 2.07. The van der Waals surface area contributed by atoms with Crippen LogP contribution in [0.1, 0.15) is 25.3 Å². The van der Waals surface area contributed by atoms with Gasteiger partial charge in [0.05, 0.1) is 16.9 Å². The molecule has 1 saturated heterocycles. The number of hydrogen-bond donors (Lipinski definition) is 1. The zero-order chi connectivity index (χ0) is 13.3. The monoisotopic (exact) mass is 258 g/mol. The molecule has 0 bridgehead atoms. The van der Waals surface area contributed by atoms with Crippen molar-refractivity contribution in [1.82, 2.24) is 0 Å². The number of halogens is 3. The van der Waals surface area contributed by atoms with Gasteiger partial charge in [-0.2, -0.15) is 13.2 Å². The Hall–Kier alpha value is -1.39. The van der Waals surface area contributed by atoms with E-state index in [0.29, 0.717) is 5.92 Å². The molecule has 1 unspecified atom stereocenters. The standard InChI is InChI=1S/C13H17F3N2/c1-9-3-2-6-18(8-9)12-5-4-10(7-11(12)17)13(14,15)16/h4-5,7,9H,2-3,6,8,17H2,1H3. The molecule has 0 radical (unpaired) electrons. The summed E-state index contributed by atoms with van der Waals surface area (Å²) < 4.78 is 37.6. The largest absolute Gasteiger partial charge is 0.416 e. The third kappa shape index (κ3) is 2.71. The second-order valence-electron chi connectivity index (χ2n) is 4.96. The summed E-state index contributed by atoms with van der Waals surface area (Å²) in [7, 11) is 0. The number of nitrogens with zero attached hydrogens (tertiary/aromatic N) is 1. The highest BCUT2D eigenvalue weighted by molar-refractivity contribution is 5.68. The third-order valence-electron chi connectivity index (χ3n) is 3.35. The van der Waals surface area contributed by atoms with Crippen LogP contribution >= 0.6 is 0 Å². The summed E-state index contributed by atoms with van der Waals surface area (Å²) in [5.41, 5.74) is 5.99. The molecule has 1 fully saturated rings. The molecule has 5 heteroatoms. The van der Waals surface area contributed by atoms with E-state index in [1.807, 2.05) is 0 Å². The molecule has 100 valence electrons. The Bertz CT molecular complexity index is 429. The molecule has 0 amide bonds. The summed E-state index contributed by atoms with van der Waals surface area (Å²) in [6, 6.07) is 3.61. The number of hydrogen-bond acceptors (Lipinski definition) is 2. The highest BCUT2D eigenvalue weighted by Gasteiger charge is 2.31. The van der Waals surface area contributed by atoms with E-state index in [-0.39, 0.29) is 5.69 Å². The number of nitrogen functional groups attached to an aromatic ring is 1. The Labute approximate surface area is 105 Å². The fourth-order valence-corrected chi connectivity index (χ4v) is 2.43. The summed E-state index contributed by atoms with van der Waals surface area (Å²) in [6.07, 6.45) is -2.11. The predicted molar refractivity (Wildman–Crippen MR) is 66.5 cm³/mol. The molecule has 1 aliphatic heterocycles. The Morgan fingerprint density at radius 1 is 1.33 bits per heavy atom. The molecule has 0 aromatic heterocycles. The first-order valence-electron chi connectivity index (χ1n) is 6.09. The van der Waals surface area contributed by atoms with Crippen molar-refractivity contribution in [2.45, 2.75) is 25.9 Å². The molecule has 0 spiro atoms. The second kappa shape index (κ2) is 4.71. The van der Waals surface area contributed by atoms with Crippen LogP contribution in [0.25, 0.3) is 0 Å². The molecular formula is C13H17F3N2. The normalized spacial score (nSPS) is 21.1. The molecule has 1 aromatic carbocycles. The molecule has 1 aromatic rings. The lowest BCUT2D eigenvalue weighted by molar-refractivity contribution is -0.137. The zero-order valence-corrected chi connectivity index (χ0v) is 10.3. The summed E-state index contributed by atoms with van der Waals surface area (Å²) in [6.45, 7) is 3.86. The van der Waals surface area contributed by atoms with Crippen LogP contribution < -0.4 is 10.6 Å². The first-order chi connectivity index (χ1) is 8.38. The molecule has 2 rings (SSSR count). The molecule has 2 N–H and O–H groups in total. The molecule has 1 atom stereocenters. The highest BCUT2D eigenvalue weighted by Crippen LogP contribution is 2.35. The van der Waals surface area contributed by atoms with E-state index in [9.17, 15) is 13.2 Å². The average molecular weight is 258 g/mol. The van der Waals surface area contributed by atoms with Crippen molar-refractivity contribution in [3.8, 4) is 0 Å². The van der Waals surface area contributed by atoms with Crippen LogP contribution in [0.2, 0.25) is 0 Å². The minimum absolute atomic E-state index is 0.207. The van der Waals surface area contributed by atoms with Crippen molar-refractivity contribution < 1.29 is 13.2 Å². The van der Waals surface area contributed by atoms with Gasteiger partial charge in [-0.3, -0.25) is 0 Å². The molecule has 18 heavy (non-hydrogen) atoms. The van der Waals surface area contributed by atoms with Crippen LogP contribution in [0.5, 0.6) is 0 Å². The SMILES string of the molecule is CC1CCCN(c2ccc(C(F)(F)F)cc2N)C1. The second-order valence-corrected chi connectivity index (χ2v) is 4.96. The summed E-state index contributed by atoms with van der Waals surface area (Å²) in [5, 5.41) is 0. The maximum absolute atomic E-state index is 12.5. The van der Waals surface area contributed by atoms with Crippen molar-refractivity contribution in [2.75, 3.05) is 23.7 Å². The van der Waals surface area contributed by atoms with Gasteiger partial charge >= 0.3 is 6.18 Å². The quantitative estimate of drug-likeness (QED) is 0.781. The first-order valence-corrected chi connectivity index (χ1v) is 6.09. The number of alkyl halides is 3. The molecule has 0 saturated carbocycles. The van der Waals surface area contributed by atoms with Crippen molar-refractivity contribution in [3.05, 3.63) is 23.8 Å². The fraction of sp³-hybridized carbons (Fsp3) is 0.538. The van der Waals surface area contributed by atoms with Gasteiger partial charge in [-0.1, -0.05) is 6.92 Å². The zero-order valence-electron chi connectivity index (χ0n) is 10.3. The lowest BCUT2D eigenvalue weighted by Gasteiger charge is -2.33. The molecule has 2 nitrogen and oxygen atoms in total. The minimum atomic E-state index is -4.33. The van der Waals surface area contributed by atoms with Crippen LogP contribution in [0.3, 0.4) is 0 Å². The van der Waals surface area contributed by atoms with Gasteiger partial charge in [0.2, 0.25) is 0 Å². The van der Waals surface area contributed by atoms with Crippen LogP contribution in [-0.2, 0) is 6.18 Å². The van der Waals surface area contributed by atoms with E-state index in [4.69, 9.17) is 5.73 Å². The Morgan fingerprint density at radius 3 is 2.61 bits per heavy atom. The lowest BCUT2D eigenvalue weighted by Crippen LogP contribution is -2.34. The van der Waals surface area contributed by atoms with Gasteiger partial charge in [-0.05, 0) is 37.0 Å². The van der Waals surface area contributed by atoms with Crippen LogP contribution in [0.15, 0.2) is 18.2 Å². The molecule has 1 aliphatic rings. The van der Waals surface area contributed by atoms with E-state index in [1.54, 1.807) is 0 Å². The van der Waals surface area contributed by atoms with Gasteiger partial charge in [0.15, 0.2) is 0 Å². The van der Waals surface area contributed by atoms with E-state index in [2.05, 4.69) is 11.8 Å². The maximum atomic E-state index is 12.5. The van der Waals surface area contributed by atoms with Crippen molar-refractivity contribution in [3.63, 3.8) is 0 Å². The van der Waals surface area contributed by atoms with Crippen molar-refractivity contribution in [2.24, 2.45) is 5.92 Å². The number of rotatable bonds is 1. The van der Waals surface area contributed by atoms with E-state index in [0.717, 1.165) is 43.8 Å². The minimum Gasteiger partial charge on any atom is -0.397 e. The van der Waals surface area contributed by atoms with Gasteiger partial charge in [0, 0.05) is 13.1 Å².